The summed E-state index contributed by atoms with van der Waals surface area (Å²) in [5.74, 6) is 1.04. The Morgan fingerprint density at radius 3 is 3.24 bits per heavy atom. The first kappa shape index (κ1) is 12.1. The standard InChI is InChI=1S/C12H20N4O/c17-12(10-4-2-1-3-6-13-10)16-7-5-11-14-8-9-15-11/h8-10,13H,1-7H2,(H,14,15)(H,16,17). The molecule has 5 nitrogen and oxygen atoms in total. The average molecular weight is 236 g/mol. The Morgan fingerprint density at radius 1 is 1.47 bits per heavy atom. The SMILES string of the molecule is O=C(NCCc1ncc[nH]1)C1CCCCCN1. The molecule has 1 unspecified atom stereocenters. The van der Waals surface area contributed by atoms with E-state index in [4.69, 9.17) is 0 Å². The third-order valence-electron chi connectivity index (χ3n) is 3.09. The molecular formula is C12H20N4O. The van der Waals surface area contributed by atoms with Crippen LogP contribution in [0, 0.1) is 0 Å². The van der Waals surface area contributed by atoms with Crippen molar-refractivity contribution in [2.75, 3.05) is 13.1 Å². The van der Waals surface area contributed by atoms with Crippen molar-refractivity contribution >= 4 is 5.91 Å². The summed E-state index contributed by atoms with van der Waals surface area (Å²) in [6.07, 6.45) is 8.77. The molecular weight excluding hydrogens is 216 g/mol. The number of hydrogen-bond donors (Lipinski definition) is 3. The number of hydrogen-bond acceptors (Lipinski definition) is 3. The van der Waals surface area contributed by atoms with Gasteiger partial charge in [0.05, 0.1) is 6.04 Å². The fourth-order valence-corrected chi connectivity index (χ4v) is 2.11. The maximum Gasteiger partial charge on any atom is 0.237 e. The predicted octanol–water partition coefficient (Wildman–Crippen LogP) is 0.601. The molecule has 0 aliphatic carbocycles. The maximum absolute atomic E-state index is 11.9. The smallest absolute Gasteiger partial charge is 0.237 e. The van der Waals surface area contributed by atoms with Crippen LogP contribution in [0.3, 0.4) is 0 Å². The molecule has 0 spiro atoms. The Balaban J connectivity index is 1.69. The second-order valence-electron chi connectivity index (χ2n) is 4.43. The number of nitrogens with one attached hydrogen (secondary N) is 3. The van der Waals surface area contributed by atoms with Gasteiger partial charge in [0.15, 0.2) is 0 Å². The minimum Gasteiger partial charge on any atom is -0.354 e. The van der Waals surface area contributed by atoms with Crippen molar-refractivity contribution in [2.24, 2.45) is 0 Å². The van der Waals surface area contributed by atoms with Crippen LogP contribution in [-0.4, -0.2) is 35.0 Å². The molecule has 1 aliphatic rings. The van der Waals surface area contributed by atoms with Gasteiger partial charge in [-0.25, -0.2) is 4.98 Å². The summed E-state index contributed by atoms with van der Waals surface area (Å²) < 4.78 is 0. The van der Waals surface area contributed by atoms with E-state index in [1.165, 1.54) is 12.8 Å². The maximum atomic E-state index is 11.9. The van der Waals surface area contributed by atoms with Crippen molar-refractivity contribution in [3.8, 4) is 0 Å². The quantitative estimate of drug-likeness (QED) is 0.717. The van der Waals surface area contributed by atoms with Gasteiger partial charge < -0.3 is 15.6 Å². The first-order valence-electron chi connectivity index (χ1n) is 6.35. The van der Waals surface area contributed by atoms with Crippen LogP contribution in [0.2, 0.25) is 0 Å². The number of carbonyl (C=O) groups excluding carboxylic acids is 1. The highest BCUT2D eigenvalue weighted by Crippen LogP contribution is 2.08. The third-order valence-corrected chi connectivity index (χ3v) is 3.09. The molecule has 1 fully saturated rings. The lowest BCUT2D eigenvalue weighted by Crippen LogP contribution is -2.44. The van der Waals surface area contributed by atoms with Gasteiger partial charge in [-0.1, -0.05) is 12.8 Å². The van der Waals surface area contributed by atoms with Gasteiger partial charge in [0.1, 0.15) is 5.82 Å². The van der Waals surface area contributed by atoms with Crippen LogP contribution in [-0.2, 0) is 11.2 Å². The second-order valence-corrected chi connectivity index (χ2v) is 4.43. The Labute approximate surface area is 101 Å². The van der Waals surface area contributed by atoms with Gasteiger partial charge in [-0.2, -0.15) is 0 Å². The van der Waals surface area contributed by atoms with E-state index in [0.717, 1.165) is 31.6 Å². The fraction of sp³-hybridized carbons (Fsp3) is 0.667. The molecule has 17 heavy (non-hydrogen) atoms. The lowest BCUT2D eigenvalue weighted by atomic mass is 10.1. The number of nitrogens with zero attached hydrogens (tertiary/aromatic N) is 1. The summed E-state index contributed by atoms with van der Waals surface area (Å²) in [5.41, 5.74) is 0. The van der Waals surface area contributed by atoms with Crippen LogP contribution in [0.25, 0.3) is 0 Å². The Hall–Kier alpha value is -1.36. The molecule has 94 valence electrons. The Kier molecular flexibility index (Phi) is 4.55. The van der Waals surface area contributed by atoms with Gasteiger partial charge in [0.25, 0.3) is 0 Å². The minimum absolute atomic E-state index is 0.00546. The van der Waals surface area contributed by atoms with E-state index in [1.807, 2.05) is 0 Å². The van der Waals surface area contributed by atoms with E-state index in [-0.39, 0.29) is 11.9 Å². The first-order chi connectivity index (χ1) is 8.36. The lowest BCUT2D eigenvalue weighted by Gasteiger charge is -2.15. The largest absolute Gasteiger partial charge is 0.354 e. The molecule has 2 rings (SSSR count). The van der Waals surface area contributed by atoms with Crippen LogP contribution in [0.1, 0.15) is 31.5 Å². The number of aromatic amines is 1. The summed E-state index contributed by atoms with van der Waals surface area (Å²) in [6.45, 7) is 1.60. The number of carbonyl (C=O) groups is 1. The number of aromatic nitrogens is 2. The lowest BCUT2D eigenvalue weighted by molar-refractivity contribution is -0.123. The van der Waals surface area contributed by atoms with E-state index < -0.39 is 0 Å². The Bertz CT molecular complexity index is 328. The van der Waals surface area contributed by atoms with Gasteiger partial charge in [-0.05, 0) is 19.4 Å². The fourth-order valence-electron chi connectivity index (χ4n) is 2.11. The molecule has 1 aliphatic heterocycles. The summed E-state index contributed by atoms with van der Waals surface area (Å²) in [5, 5.41) is 6.25. The number of H-pyrrole nitrogens is 1. The van der Waals surface area contributed by atoms with Crippen LogP contribution < -0.4 is 10.6 Å². The second kappa shape index (κ2) is 6.39. The monoisotopic (exact) mass is 236 g/mol. The van der Waals surface area contributed by atoms with Gasteiger partial charge in [0.2, 0.25) is 5.91 Å². The van der Waals surface area contributed by atoms with Crippen molar-refractivity contribution in [1.29, 1.82) is 0 Å². The molecule has 0 bridgehead atoms. The number of amides is 1. The van der Waals surface area contributed by atoms with E-state index in [2.05, 4.69) is 20.6 Å². The predicted molar refractivity (Wildman–Crippen MR) is 65.6 cm³/mol. The molecule has 3 N–H and O–H groups in total. The summed E-state index contributed by atoms with van der Waals surface area (Å²) in [4.78, 5) is 19.0. The van der Waals surface area contributed by atoms with E-state index in [9.17, 15) is 4.79 Å². The van der Waals surface area contributed by atoms with E-state index in [0.29, 0.717) is 6.54 Å². The molecule has 1 amide bonds. The minimum atomic E-state index is -0.00546. The summed E-state index contributed by atoms with van der Waals surface area (Å²) in [7, 11) is 0. The molecule has 0 saturated carbocycles. The number of rotatable bonds is 4. The van der Waals surface area contributed by atoms with Crippen LogP contribution in [0.4, 0.5) is 0 Å². The topological polar surface area (TPSA) is 69.8 Å². The van der Waals surface area contributed by atoms with E-state index in [1.54, 1.807) is 12.4 Å². The van der Waals surface area contributed by atoms with Crippen LogP contribution >= 0.6 is 0 Å². The Morgan fingerprint density at radius 2 is 2.41 bits per heavy atom. The zero-order chi connectivity index (χ0) is 11.9. The highest BCUT2D eigenvalue weighted by atomic mass is 16.2. The number of imidazole rings is 1. The van der Waals surface area contributed by atoms with Crippen molar-refractivity contribution in [3.05, 3.63) is 18.2 Å². The molecule has 5 heteroatoms. The molecule has 0 radical (unpaired) electrons. The molecule has 1 aromatic rings. The van der Waals surface area contributed by atoms with Gasteiger partial charge in [0, 0.05) is 25.4 Å². The molecule has 1 saturated heterocycles. The highest BCUT2D eigenvalue weighted by Gasteiger charge is 2.18. The normalized spacial score (nSPS) is 20.8. The third kappa shape index (κ3) is 3.85. The summed E-state index contributed by atoms with van der Waals surface area (Å²) >= 11 is 0. The van der Waals surface area contributed by atoms with E-state index >= 15 is 0 Å². The zero-order valence-corrected chi connectivity index (χ0v) is 10.0. The van der Waals surface area contributed by atoms with Crippen molar-refractivity contribution in [3.63, 3.8) is 0 Å². The molecule has 2 heterocycles. The molecule has 0 aromatic carbocycles. The highest BCUT2D eigenvalue weighted by molar-refractivity contribution is 5.81. The van der Waals surface area contributed by atoms with Gasteiger partial charge in [-0.15, -0.1) is 0 Å². The zero-order valence-electron chi connectivity index (χ0n) is 10.0. The first-order valence-corrected chi connectivity index (χ1v) is 6.35. The molecule has 1 atom stereocenters. The van der Waals surface area contributed by atoms with Crippen molar-refractivity contribution in [2.45, 2.75) is 38.1 Å². The van der Waals surface area contributed by atoms with Crippen LogP contribution in [0.5, 0.6) is 0 Å². The summed E-state index contributed by atoms with van der Waals surface area (Å²) in [6, 6.07) is -0.00546. The van der Waals surface area contributed by atoms with Gasteiger partial charge >= 0.3 is 0 Å². The van der Waals surface area contributed by atoms with Crippen LogP contribution in [0.15, 0.2) is 12.4 Å². The average Bonchev–Trinajstić information content (AvgIpc) is 2.69. The van der Waals surface area contributed by atoms with Crippen molar-refractivity contribution in [1.82, 2.24) is 20.6 Å². The van der Waals surface area contributed by atoms with Gasteiger partial charge in [-0.3, -0.25) is 4.79 Å². The molecule has 1 aromatic heterocycles. The van der Waals surface area contributed by atoms with Crippen molar-refractivity contribution < 1.29 is 4.79 Å².